The Hall–Kier alpha value is -1.02. The first-order chi connectivity index (χ1) is 6.81. The average Bonchev–Trinajstić information content (AvgIpc) is 2.61. The van der Waals surface area contributed by atoms with E-state index in [0.717, 1.165) is 5.56 Å². The molecule has 2 rings (SSSR count). The van der Waals surface area contributed by atoms with Gasteiger partial charge in [0.1, 0.15) is 6.10 Å². The fourth-order valence-electron chi connectivity index (χ4n) is 1.63. The van der Waals surface area contributed by atoms with E-state index in [4.69, 9.17) is 16.3 Å². The van der Waals surface area contributed by atoms with E-state index in [1.807, 2.05) is 37.3 Å². The quantitative estimate of drug-likeness (QED) is 0.687. The number of nitrogens with zero attached hydrogens (tertiary/aromatic N) is 1. The third-order valence-electron chi connectivity index (χ3n) is 2.29. The lowest BCUT2D eigenvalue weighted by Crippen LogP contribution is -2.10. The summed E-state index contributed by atoms with van der Waals surface area (Å²) in [6.07, 6.45) is 0.0324. The van der Waals surface area contributed by atoms with Gasteiger partial charge in [-0.3, -0.25) is 0 Å². The molecule has 1 aromatic rings. The van der Waals surface area contributed by atoms with Gasteiger partial charge in [-0.05, 0) is 12.5 Å². The molecule has 0 fully saturated rings. The molecule has 0 amide bonds. The summed E-state index contributed by atoms with van der Waals surface area (Å²) in [5.74, 6) is 1.00. The Labute approximate surface area is 88.6 Å². The standard InChI is InChI=1S/C11H12ClNO/c1-8-11(14-10(7-12)13-8)9-5-3-2-4-6-9/h2-6,8,11H,7H2,1H3/t8-,11-/m0/s1. The number of alkyl halides is 1. The van der Waals surface area contributed by atoms with Crippen molar-refractivity contribution in [1.29, 1.82) is 0 Å². The van der Waals surface area contributed by atoms with E-state index in [9.17, 15) is 0 Å². The van der Waals surface area contributed by atoms with Crippen molar-refractivity contribution >= 4 is 17.5 Å². The van der Waals surface area contributed by atoms with E-state index in [-0.39, 0.29) is 12.1 Å². The molecule has 1 aliphatic heterocycles. The van der Waals surface area contributed by atoms with Gasteiger partial charge in [0.2, 0.25) is 0 Å². The summed E-state index contributed by atoms with van der Waals surface area (Å²) in [6, 6.07) is 10.3. The molecule has 2 atom stereocenters. The Morgan fingerprint density at radius 3 is 2.64 bits per heavy atom. The van der Waals surface area contributed by atoms with Crippen molar-refractivity contribution in [3.05, 3.63) is 35.9 Å². The summed E-state index contributed by atoms with van der Waals surface area (Å²) in [4.78, 5) is 4.33. The van der Waals surface area contributed by atoms with Gasteiger partial charge in [-0.25, -0.2) is 4.99 Å². The van der Waals surface area contributed by atoms with Gasteiger partial charge in [-0.2, -0.15) is 0 Å². The normalized spacial score (nSPS) is 25.7. The number of rotatable bonds is 2. The van der Waals surface area contributed by atoms with E-state index in [2.05, 4.69) is 4.99 Å². The molecule has 0 saturated carbocycles. The van der Waals surface area contributed by atoms with Crippen LogP contribution in [0, 0.1) is 0 Å². The minimum Gasteiger partial charge on any atom is -0.470 e. The van der Waals surface area contributed by atoms with Gasteiger partial charge >= 0.3 is 0 Å². The van der Waals surface area contributed by atoms with Crippen molar-refractivity contribution < 1.29 is 4.74 Å². The summed E-state index contributed by atoms with van der Waals surface area (Å²) in [6.45, 7) is 2.04. The van der Waals surface area contributed by atoms with Crippen LogP contribution in [0.5, 0.6) is 0 Å². The zero-order chi connectivity index (χ0) is 9.97. The maximum atomic E-state index is 5.67. The summed E-state index contributed by atoms with van der Waals surface area (Å²) in [5.41, 5.74) is 1.16. The largest absolute Gasteiger partial charge is 0.470 e. The predicted molar refractivity (Wildman–Crippen MR) is 57.9 cm³/mol. The molecule has 1 aliphatic rings. The highest BCUT2D eigenvalue weighted by atomic mass is 35.5. The van der Waals surface area contributed by atoms with Crippen molar-refractivity contribution in [3.63, 3.8) is 0 Å². The van der Waals surface area contributed by atoms with Gasteiger partial charge < -0.3 is 4.74 Å². The summed E-state index contributed by atoms with van der Waals surface area (Å²) >= 11 is 5.67. The molecular formula is C11H12ClNO. The van der Waals surface area contributed by atoms with Crippen molar-refractivity contribution in [3.8, 4) is 0 Å². The topological polar surface area (TPSA) is 21.6 Å². The molecule has 0 aromatic heterocycles. The van der Waals surface area contributed by atoms with Crippen molar-refractivity contribution in [2.75, 3.05) is 5.88 Å². The second-order valence-corrected chi connectivity index (χ2v) is 3.61. The third-order valence-corrected chi connectivity index (χ3v) is 2.52. The maximum Gasteiger partial charge on any atom is 0.199 e. The maximum absolute atomic E-state index is 5.67. The number of hydrogen-bond acceptors (Lipinski definition) is 2. The van der Waals surface area contributed by atoms with Crippen LogP contribution in [0.3, 0.4) is 0 Å². The first kappa shape index (κ1) is 9.53. The van der Waals surface area contributed by atoms with Crippen molar-refractivity contribution in [1.82, 2.24) is 0 Å². The van der Waals surface area contributed by atoms with E-state index in [1.165, 1.54) is 0 Å². The lowest BCUT2D eigenvalue weighted by Gasteiger charge is -2.14. The van der Waals surface area contributed by atoms with Crippen LogP contribution in [0.1, 0.15) is 18.6 Å². The Kier molecular flexibility index (Phi) is 2.73. The lowest BCUT2D eigenvalue weighted by atomic mass is 10.0. The highest BCUT2D eigenvalue weighted by Gasteiger charge is 2.27. The Morgan fingerprint density at radius 2 is 2.07 bits per heavy atom. The molecule has 0 spiro atoms. The minimum absolute atomic E-state index is 0.0324. The van der Waals surface area contributed by atoms with Crippen LogP contribution in [0.25, 0.3) is 0 Å². The number of halogens is 1. The Balaban J connectivity index is 2.16. The van der Waals surface area contributed by atoms with E-state index >= 15 is 0 Å². The van der Waals surface area contributed by atoms with Gasteiger partial charge in [-0.1, -0.05) is 30.3 Å². The molecule has 0 aliphatic carbocycles. The van der Waals surface area contributed by atoms with Crippen LogP contribution in [0.2, 0.25) is 0 Å². The van der Waals surface area contributed by atoms with Gasteiger partial charge in [0.25, 0.3) is 0 Å². The van der Waals surface area contributed by atoms with Crippen LogP contribution in [0.4, 0.5) is 0 Å². The van der Waals surface area contributed by atoms with E-state index in [1.54, 1.807) is 0 Å². The fourth-order valence-corrected chi connectivity index (χ4v) is 1.76. The Bertz CT molecular complexity index is 336. The van der Waals surface area contributed by atoms with Crippen molar-refractivity contribution in [2.24, 2.45) is 4.99 Å². The SMILES string of the molecule is C[C@@H]1N=C(CCl)O[C@@H]1c1ccccc1. The fraction of sp³-hybridized carbons (Fsp3) is 0.364. The first-order valence-electron chi connectivity index (χ1n) is 4.65. The summed E-state index contributed by atoms with van der Waals surface area (Å²) < 4.78 is 5.63. The molecule has 0 bridgehead atoms. The molecule has 3 heteroatoms. The highest BCUT2D eigenvalue weighted by Crippen LogP contribution is 2.28. The van der Waals surface area contributed by atoms with Crippen molar-refractivity contribution in [2.45, 2.75) is 19.1 Å². The third kappa shape index (κ3) is 1.75. The average molecular weight is 210 g/mol. The summed E-state index contributed by atoms with van der Waals surface area (Å²) in [5, 5.41) is 0. The monoisotopic (exact) mass is 209 g/mol. The number of benzene rings is 1. The van der Waals surface area contributed by atoms with Gasteiger partial charge in [0, 0.05) is 0 Å². The first-order valence-corrected chi connectivity index (χ1v) is 5.19. The second-order valence-electron chi connectivity index (χ2n) is 3.35. The van der Waals surface area contributed by atoms with Crippen LogP contribution in [-0.4, -0.2) is 17.8 Å². The predicted octanol–water partition coefficient (Wildman–Crippen LogP) is 2.78. The molecule has 0 radical (unpaired) electrons. The zero-order valence-corrected chi connectivity index (χ0v) is 8.74. The van der Waals surface area contributed by atoms with E-state index < -0.39 is 0 Å². The smallest absolute Gasteiger partial charge is 0.199 e. The molecule has 2 nitrogen and oxygen atoms in total. The molecule has 0 N–H and O–H groups in total. The highest BCUT2D eigenvalue weighted by molar-refractivity contribution is 6.27. The van der Waals surface area contributed by atoms with Crippen LogP contribution >= 0.6 is 11.6 Å². The molecule has 14 heavy (non-hydrogen) atoms. The number of hydrogen-bond donors (Lipinski definition) is 0. The van der Waals surface area contributed by atoms with E-state index in [0.29, 0.717) is 11.8 Å². The molecule has 0 unspecified atom stereocenters. The lowest BCUT2D eigenvalue weighted by molar-refractivity contribution is 0.200. The zero-order valence-electron chi connectivity index (χ0n) is 7.98. The Morgan fingerprint density at radius 1 is 1.36 bits per heavy atom. The second kappa shape index (κ2) is 4.01. The summed E-state index contributed by atoms with van der Waals surface area (Å²) in [7, 11) is 0. The molecule has 1 aromatic carbocycles. The molecular weight excluding hydrogens is 198 g/mol. The van der Waals surface area contributed by atoms with Gasteiger partial charge in [0.15, 0.2) is 5.90 Å². The van der Waals surface area contributed by atoms with Crippen LogP contribution < -0.4 is 0 Å². The van der Waals surface area contributed by atoms with Crippen LogP contribution in [-0.2, 0) is 4.74 Å². The molecule has 1 heterocycles. The number of ether oxygens (including phenoxy) is 1. The minimum atomic E-state index is 0.0324. The number of aliphatic imine (C=N–C) groups is 1. The van der Waals surface area contributed by atoms with Crippen LogP contribution in [0.15, 0.2) is 35.3 Å². The molecule has 0 saturated heterocycles. The van der Waals surface area contributed by atoms with Gasteiger partial charge in [0.05, 0.1) is 11.9 Å². The molecule has 74 valence electrons. The van der Waals surface area contributed by atoms with Gasteiger partial charge in [-0.15, -0.1) is 11.6 Å².